The topological polar surface area (TPSA) is 102 Å². The summed E-state index contributed by atoms with van der Waals surface area (Å²) < 4.78 is 3.60. The van der Waals surface area contributed by atoms with Crippen LogP contribution in [0, 0.1) is 0 Å². The van der Waals surface area contributed by atoms with Gasteiger partial charge in [0.05, 0.1) is 23.8 Å². The number of aromatic nitrogens is 4. The molecule has 1 unspecified atom stereocenters. The van der Waals surface area contributed by atoms with Gasteiger partial charge in [-0.15, -0.1) is 0 Å². The van der Waals surface area contributed by atoms with E-state index in [1.807, 2.05) is 50.5 Å². The molecule has 5 rings (SSSR count). The summed E-state index contributed by atoms with van der Waals surface area (Å²) in [6, 6.07) is 5.05. The smallest absolute Gasteiger partial charge is 0.255 e. The van der Waals surface area contributed by atoms with Crippen molar-refractivity contribution >= 4 is 23.4 Å². The fraction of sp³-hybridized carbons (Fsp3) is 0.222. The number of hydrogen-bond acceptors (Lipinski definition) is 5. The second-order valence-corrected chi connectivity index (χ2v) is 8.78. The number of fused-ring (bicyclic) bond motifs is 1. The van der Waals surface area contributed by atoms with Gasteiger partial charge in [-0.25, -0.2) is 4.68 Å². The highest BCUT2D eigenvalue weighted by Crippen LogP contribution is 2.35. The quantitative estimate of drug-likeness (QED) is 0.429. The van der Waals surface area contributed by atoms with Gasteiger partial charge in [0.2, 0.25) is 11.8 Å². The number of amides is 3. The van der Waals surface area contributed by atoms with Crippen LogP contribution >= 0.6 is 0 Å². The van der Waals surface area contributed by atoms with E-state index in [4.69, 9.17) is 0 Å². The minimum absolute atomic E-state index is 0.190. The van der Waals surface area contributed by atoms with Crippen LogP contribution in [-0.2, 0) is 23.2 Å². The van der Waals surface area contributed by atoms with Gasteiger partial charge in [0, 0.05) is 42.9 Å². The van der Waals surface area contributed by atoms with E-state index in [9.17, 15) is 14.4 Å². The summed E-state index contributed by atoms with van der Waals surface area (Å²) in [5, 5.41) is 11.3. The highest BCUT2D eigenvalue weighted by Gasteiger charge is 2.39. The Morgan fingerprint density at radius 3 is 2.72 bits per heavy atom. The van der Waals surface area contributed by atoms with Gasteiger partial charge < -0.3 is 4.90 Å². The van der Waals surface area contributed by atoms with Crippen LogP contribution in [0.1, 0.15) is 35.7 Å². The van der Waals surface area contributed by atoms with E-state index in [2.05, 4.69) is 22.1 Å². The van der Waals surface area contributed by atoms with Gasteiger partial charge in [-0.2, -0.15) is 10.2 Å². The first-order valence-electron chi connectivity index (χ1n) is 11.7. The van der Waals surface area contributed by atoms with Crippen LogP contribution in [0.3, 0.4) is 0 Å². The van der Waals surface area contributed by atoms with Crippen LogP contribution in [0.25, 0.3) is 28.1 Å². The maximum absolute atomic E-state index is 13.1. The summed E-state index contributed by atoms with van der Waals surface area (Å²) in [7, 11) is 1.88. The molecule has 0 spiro atoms. The number of hydrogen-bond donors (Lipinski definition) is 1. The van der Waals surface area contributed by atoms with Crippen LogP contribution in [0.2, 0.25) is 0 Å². The van der Waals surface area contributed by atoms with E-state index in [1.165, 1.54) is 0 Å². The molecule has 1 atom stereocenters. The Balaban J connectivity index is 1.46. The summed E-state index contributed by atoms with van der Waals surface area (Å²) in [4.78, 5) is 38.5. The highest BCUT2D eigenvalue weighted by molar-refractivity contribution is 6.05. The number of carbonyl (C=O) groups excluding carboxylic acids is 3. The number of carbonyl (C=O) groups is 3. The average Bonchev–Trinajstić information content (AvgIpc) is 3.57. The van der Waals surface area contributed by atoms with Crippen LogP contribution in [0.4, 0.5) is 0 Å². The van der Waals surface area contributed by atoms with E-state index >= 15 is 0 Å². The molecular weight excluding hydrogens is 456 g/mol. The number of imide groups is 1. The standard InChI is InChI=1S/C27H26N6O3/c1-4-6-7-20(5-2)33-16-19(13-29-33)25-22(14-28-31(25)3)17-8-9-21-18(12-17)15-32(27(21)36)23-10-11-24(34)30-26(23)35/h4-9,12-14,16,23H,1,10-11,15H2,2-3H3,(H,30,34,35)/b7-6-,20-5+. The van der Waals surface area contributed by atoms with Gasteiger partial charge in [0.1, 0.15) is 6.04 Å². The Labute approximate surface area is 208 Å². The fourth-order valence-electron chi connectivity index (χ4n) is 4.79. The number of piperidine rings is 1. The van der Waals surface area contributed by atoms with Gasteiger partial charge in [0.25, 0.3) is 5.91 Å². The van der Waals surface area contributed by atoms with Crippen LogP contribution < -0.4 is 5.32 Å². The molecule has 9 heteroatoms. The SMILES string of the molecule is C=C/C=C\C(=C/C)n1cc(-c2c(-c3ccc4c(c3)CN(C3CCC(=O)NC3=O)C4=O)cnn2C)cn1. The molecule has 2 aliphatic heterocycles. The number of rotatable bonds is 6. The van der Waals surface area contributed by atoms with Gasteiger partial charge >= 0.3 is 0 Å². The average molecular weight is 483 g/mol. The minimum Gasteiger partial charge on any atom is -0.322 e. The summed E-state index contributed by atoms with van der Waals surface area (Å²) in [5.74, 6) is -0.902. The number of aryl methyl sites for hydroxylation is 1. The van der Waals surface area contributed by atoms with Crippen LogP contribution in [0.15, 0.2) is 67.7 Å². The Hall–Kier alpha value is -4.53. The molecule has 1 aromatic carbocycles. The van der Waals surface area contributed by atoms with Crippen molar-refractivity contribution in [3.63, 3.8) is 0 Å². The van der Waals surface area contributed by atoms with E-state index < -0.39 is 11.9 Å². The molecule has 0 bridgehead atoms. The van der Waals surface area contributed by atoms with Crippen molar-refractivity contribution in [3.8, 4) is 22.4 Å². The lowest BCUT2D eigenvalue weighted by atomic mass is 9.99. The van der Waals surface area contributed by atoms with Crippen LogP contribution in [-0.4, -0.2) is 48.2 Å². The Bertz CT molecular complexity index is 1460. The normalized spacial score (nSPS) is 18.2. The molecule has 182 valence electrons. The molecule has 3 amide bonds. The van der Waals surface area contributed by atoms with Gasteiger partial charge in [-0.3, -0.25) is 24.4 Å². The number of allylic oxidation sites excluding steroid dienone is 5. The third-order valence-corrected chi connectivity index (χ3v) is 6.59. The molecule has 9 nitrogen and oxygen atoms in total. The second kappa shape index (κ2) is 9.26. The zero-order valence-corrected chi connectivity index (χ0v) is 20.1. The molecule has 1 fully saturated rings. The summed E-state index contributed by atoms with van der Waals surface area (Å²) in [6.07, 6.45) is 13.6. The predicted octanol–water partition coefficient (Wildman–Crippen LogP) is 3.31. The Morgan fingerprint density at radius 1 is 1.14 bits per heavy atom. The van der Waals surface area contributed by atoms with Gasteiger partial charge in [0.15, 0.2) is 0 Å². The van der Waals surface area contributed by atoms with E-state index in [0.29, 0.717) is 18.5 Å². The van der Waals surface area contributed by atoms with Crippen molar-refractivity contribution in [1.82, 2.24) is 29.8 Å². The molecule has 1 N–H and O–H groups in total. The molecule has 36 heavy (non-hydrogen) atoms. The predicted molar refractivity (Wildman–Crippen MR) is 135 cm³/mol. The lowest BCUT2D eigenvalue weighted by molar-refractivity contribution is -0.136. The van der Waals surface area contributed by atoms with Crippen molar-refractivity contribution in [1.29, 1.82) is 0 Å². The van der Waals surface area contributed by atoms with Crippen molar-refractivity contribution < 1.29 is 14.4 Å². The molecule has 0 radical (unpaired) electrons. The van der Waals surface area contributed by atoms with E-state index in [0.717, 1.165) is 33.6 Å². The largest absolute Gasteiger partial charge is 0.322 e. The number of nitrogens with zero attached hydrogens (tertiary/aromatic N) is 5. The van der Waals surface area contributed by atoms with E-state index in [1.54, 1.807) is 38.8 Å². The lowest BCUT2D eigenvalue weighted by Gasteiger charge is -2.29. The molecule has 0 saturated carbocycles. The molecule has 3 aromatic rings. The summed E-state index contributed by atoms with van der Waals surface area (Å²) in [5.41, 5.74) is 5.96. The first-order chi connectivity index (χ1) is 17.4. The molecule has 0 aliphatic carbocycles. The van der Waals surface area contributed by atoms with Crippen molar-refractivity contribution in [2.45, 2.75) is 32.4 Å². The van der Waals surface area contributed by atoms with E-state index in [-0.39, 0.29) is 18.2 Å². The molecule has 2 aromatic heterocycles. The van der Waals surface area contributed by atoms with Crippen LogP contribution in [0.5, 0.6) is 0 Å². The van der Waals surface area contributed by atoms with Crippen molar-refractivity contribution in [3.05, 3.63) is 78.8 Å². The third kappa shape index (κ3) is 3.98. The number of benzene rings is 1. The molecule has 1 saturated heterocycles. The molecule has 2 aliphatic rings. The maximum atomic E-state index is 13.1. The lowest BCUT2D eigenvalue weighted by Crippen LogP contribution is -2.52. The summed E-state index contributed by atoms with van der Waals surface area (Å²) >= 11 is 0. The zero-order valence-electron chi connectivity index (χ0n) is 20.1. The van der Waals surface area contributed by atoms with Crippen molar-refractivity contribution in [2.75, 3.05) is 0 Å². The van der Waals surface area contributed by atoms with Gasteiger partial charge in [-0.05, 0) is 42.7 Å². The zero-order chi connectivity index (χ0) is 25.4. The monoisotopic (exact) mass is 482 g/mol. The minimum atomic E-state index is -0.637. The maximum Gasteiger partial charge on any atom is 0.255 e. The van der Waals surface area contributed by atoms with Gasteiger partial charge in [-0.1, -0.05) is 30.9 Å². The van der Waals surface area contributed by atoms with Crippen molar-refractivity contribution in [2.24, 2.45) is 7.05 Å². The third-order valence-electron chi connectivity index (χ3n) is 6.59. The Morgan fingerprint density at radius 2 is 1.97 bits per heavy atom. The second-order valence-electron chi connectivity index (χ2n) is 8.78. The number of nitrogens with one attached hydrogen (secondary N) is 1. The Kier molecular flexibility index (Phi) is 5.97. The summed E-state index contributed by atoms with van der Waals surface area (Å²) in [6.45, 7) is 5.99. The first kappa shape index (κ1) is 23.2. The molecule has 4 heterocycles. The molecular formula is C27H26N6O3. The first-order valence-corrected chi connectivity index (χ1v) is 11.7. The highest BCUT2D eigenvalue weighted by atomic mass is 16.2. The fourth-order valence-corrected chi connectivity index (χ4v) is 4.79.